The molecule has 0 aromatic rings. The molecule has 1 unspecified atom stereocenters. The summed E-state index contributed by atoms with van der Waals surface area (Å²) in [5.74, 6) is -0.0251. The lowest BCUT2D eigenvalue weighted by molar-refractivity contribution is -0.122. The SMILES string of the molecule is CCC=CCCCC(CCCC)C(N)=O. The number of carbonyl (C=O) groups is 1. The van der Waals surface area contributed by atoms with E-state index in [9.17, 15) is 4.79 Å². The summed E-state index contributed by atoms with van der Waals surface area (Å²) in [6.45, 7) is 4.27. The van der Waals surface area contributed by atoms with E-state index in [1.807, 2.05) is 0 Å². The van der Waals surface area contributed by atoms with E-state index in [0.29, 0.717) is 0 Å². The molecule has 0 bridgehead atoms. The molecule has 1 amide bonds. The first-order valence-corrected chi connectivity index (χ1v) is 6.16. The van der Waals surface area contributed by atoms with E-state index in [-0.39, 0.29) is 11.8 Å². The first-order valence-electron chi connectivity index (χ1n) is 6.16. The predicted molar refractivity (Wildman–Crippen MR) is 65.5 cm³/mol. The Morgan fingerprint density at radius 1 is 1.20 bits per heavy atom. The summed E-state index contributed by atoms with van der Waals surface area (Å²) in [6, 6.07) is 0. The molecule has 0 radical (unpaired) electrons. The highest BCUT2D eigenvalue weighted by atomic mass is 16.1. The van der Waals surface area contributed by atoms with Crippen LogP contribution in [0.1, 0.15) is 58.8 Å². The van der Waals surface area contributed by atoms with E-state index < -0.39 is 0 Å². The van der Waals surface area contributed by atoms with Crippen LogP contribution >= 0.6 is 0 Å². The maximum Gasteiger partial charge on any atom is 0.220 e. The van der Waals surface area contributed by atoms with Gasteiger partial charge in [0.1, 0.15) is 0 Å². The minimum atomic E-state index is -0.122. The molecule has 0 aliphatic carbocycles. The van der Waals surface area contributed by atoms with Crippen LogP contribution in [0.15, 0.2) is 12.2 Å². The number of hydrogen-bond donors (Lipinski definition) is 1. The maximum absolute atomic E-state index is 11.1. The van der Waals surface area contributed by atoms with Crippen molar-refractivity contribution in [3.63, 3.8) is 0 Å². The van der Waals surface area contributed by atoms with Gasteiger partial charge in [0.15, 0.2) is 0 Å². The molecule has 0 aromatic heterocycles. The van der Waals surface area contributed by atoms with Crippen molar-refractivity contribution in [3.8, 4) is 0 Å². The van der Waals surface area contributed by atoms with Crippen LogP contribution in [0.25, 0.3) is 0 Å². The lowest BCUT2D eigenvalue weighted by Crippen LogP contribution is -2.23. The molecule has 0 spiro atoms. The Morgan fingerprint density at radius 2 is 1.87 bits per heavy atom. The van der Waals surface area contributed by atoms with E-state index in [1.54, 1.807) is 0 Å². The smallest absolute Gasteiger partial charge is 0.220 e. The molecule has 0 rings (SSSR count). The average molecular weight is 211 g/mol. The zero-order chi connectivity index (χ0) is 11.5. The van der Waals surface area contributed by atoms with Crippen LogP contribution in [-0.2, 0) is 4.79 Å². The summed E-state index contributed by atoms with van der Waals surface area (Å²) >= 11 is 0. The normalized spacial score (nSPS) is 13.2. The van der Waals surface area contributed by atoms with Crippen LogP contribution in [0.3, 0.4) is 0 Å². The molecule has 2 N–H and O–H groups in total. The van der Waals surface area contributed by atoms with Crippen molar-refractivity contribution in [2.24, 2.45) is 11.7 Å². The highest BCUT2D eigenvalue weighted by molar-refractivity contribution is 5.76. The lowest BCUT2D eigenvalue weighted by atomic mass is 9.95. The second-order valence-electron chi connectivity index (χ2n) is 4.05. The van der Waals surface area contributed by atoms with Gasteiger partial charge in [0.2, 0.25) is 5.91 Å². The van der Waals surface area contributed by atoms with E-state index in [1.165, 1.54) is 0 Å². The fourth-order valence-corrected chi connectivity index (χ4v) is 1.65. The van der Waals surface area contributed by atoms with E-state index in [2.05, 4.69) is 26.0 Å². The van der Waals surface area contributed by atoms with Crippen LogP contribution in [-0.4, -0.2) is 5.91 Å². The molecular formula is C13H25NO. The Hall–Kier alpha value is -0.790. The molecule has 0 aliphatic rings. The molecule has 0 saturated heterocycles. The summed E-state index contributed by atoms with van der Waals surface area (Å²) in [5, 5.41) is 0. The molecule has 2 heteroatoms. The molecule has 0 heterocycles. The van der Waals surface area contributed by atoms with Gasteiger partial charge in [0.25, 0.3) is 0 Å². The van der Waals surface area contributed by atoms with Gasteiger partial charge < -0.3 is 5.73 Å². The van der Waals surface area contributed by atoms with Crippen molar-refractivity contribution in [1.82, 2.24) is 0 Å². The monoisotopic (exact) mass is 211 g/mol. The number of rotatable bonds is 9. The highest BCUT2D eigenvalue weighted by Crippen LogP contribution is 2.15. The highest BCUT2D eigenvalue weighted by Gasteiger charge is 2.13. The van der Waals surface area contributed by atoms with Crippen molar-refractivity contribution in [2.75, 3.05) is 0 Å². The third kappa shape index (κ3) is 8.22. The van der Waals surface area contributed by atoms with Crippen LogP contribution in [0, 0.1) is 5.92 Å². The molecule has 2 nitrogen and oxygen atoms in total. The summed E-state index contributed by atoms with van der Waals surface area (Å²) in [7, 11) is 0. The third-order valence-corrected chi connectivity index (χ3v) is 2.63. The molecule has 1 atom stereocenters. The van der Waals surface area contributed by atoms with E-state index in [4.69, 9.17) is 5.73 Å². The summed E-state index contributed by atoms with van der Waals surface area (Å²) < 4.78 is 0. The fraction of sp³-hybridized carbons (Fsp3) is 0.769. The van der Waals surface area contributed by atoms with Crippen molar-refractivity contribution in [3.05, 3.63) is 12.2 Å². The maximum atomic E-state index is 11.1. The molecule has 0 aliphatic heterocycles. The number of carbonyl (C=O) groups excluding carboxylic acids is 1. The third-order valence-electron chi connectivity index (χ3n) is 2.63. The van der Waals surface area contributed by atoms with Gasteiger partial charge in [-0.3, -0.25) is 4.79 Å². The fourth-order valence-electron chi connectivity index (χ4n) is 1.65. The van der Waals surface area contributed by atoms with Gasteiger partial charge in [-0.05, 0) is 32.1 Å². The zero-order valence-corrected chi connectivity index (χ0v) is 10.2. The van der Waals surface area contributed by atoms with Crippen molar-refractivity contribution < 1.29 is 4.79 Å². The van der Waals surface area contributed by atoms with Crippen LogP contribution in [0.5, 0.6) is 0 Å². The molecule has 0 aromatic carbocycles. The largest absolute Gasteiger partial charge is 0.369 e. The number of allylic oxidation sites excluding steroid dienone is 2. The predicted octanol–water partition coefficient (Wildman–Crippen LogP) is 3.41. The number of amides is 1. The van der Waals surface area contributed by atoms with Crippen molar-refractivity contribution >= 4 is 5.91 Å². The first-order chi connectivity index (χ1) is 7.22. The van der Waals surface area contributed by atoms with Crippen molar-refractivity contribution in [2.45, 2.75) is 58.8 Å². The molecule has 15 heavy (non-hydrogen) atoms. The minimum absolute atomic E-state index is 0.0972. The Balaban J connectivity index is 3.66. The van der Waals surface area contributed by atoms with Crippen molar-refractivity contribution in [1.29, 1.82) is 0 Å². The topological polar surface area (TPSA) is 43.1 Å². The second-order valence-corrected chi connectivity index (χ2v) is 4.05. The van der Waals surface area contributed by atoms with Gasteiger partial charge in [-0.25, -0.2) is 0 Å². The summed E-state index contributed by atoms with van der Waals surface area (Å²) in [4.78, 5) is 11.1. The van der Waals surface area contributed by atoms with Crippen LogP contribution in [0.2, 0.25) is 0 Å². The van der Waals surface area contributed by atoms with Gasteiger partial charge >= 0.3 is 0 Å². The van der Waals surface area contributed by atoms with Gasteiger partial charge in [0, 0.05) is 5.92 Å². The first kappa shape index (κ1) is 14.2. The molecule has 88 valence electrons. The van der Waals surface area contributed by atoms with Crippen LogP contribution < -0.4 is 5.73 Å². The standard InChI is InChI=1S/C13H25NO/c1-3-5-7-8-9-11-12(13(14)15)10-6-4-2/h5,7,12H,3-4,6,8-11H2,1-2H3,(H2,14,15). The van der Waals surface area contributed by atoms with E-state index in [0.717, 1.165) is 44.9 Å². The Kier molecular flexibility index (Phi) is 9.24. The lowest BCUT2D eigenvalue weighted by Gasteiger charge is -2.11. The Labute approximate surface area is 93.9 Å². The average Bonchev–Trinajstić information content (AvgIpc) is 2.21. The molecule has 0 fully saturated rings. The minimum Gasteiger partial charge on any atom is -0.369 e. The summed E-state index contributed by atoms with van der Waals surface area (Å²) in [6.07, 6.45) is 11.8. The zero-order valence-electron chi connectivity index (χ0n) is 10.2. The van der Waals surface area contributed by atoms with Gasteiger partial charge in [-0.15, -0.1) is 0 Å². The van der Waals surface area contributed by atoms with E-state index >= 15 is 0 Å². The second kappa shape index (κ2) is 9.75. The van der Waals surface area contributed by atoms with Gasteiger partial charge in [0.05, 0.1) is 0 Å². The Bertz CT molecular complexity index is 187. The number of nitrogens with two attached hydrogens (primary N) is 1. The molecule has 0 saturated carbocycles. The quantitative estimate of drug-likeness (QED) is 0.461. The van der Waals surface area contributed by atoms with Crippen LogP contribution in [0.4, 0.5) is 0 Å². The van der Waals surface area contributed by atoms with Gasteiger partial charge in [-0.2, -0.15) is 0 Å². The summed E-state index contributed by atoms with van der Waals surface area (Å²) in [5.41, 5.74) is 5.36. The van der Waals surface area contributed by atoms with Gasteiger partial charge in [-0.1, -0.05) is 38.8 Å². The number of primary amides is 1. The number of unbranched alkanes of at least 4 members (excludes halogenated alkanes) is 2. The Morgan fingerprint density at radius 3 is 2.40 bits per heavy atom. The molecular weight excluding hydrogens is 186 g/mol. The number of hydrogen-bond acceptors (Lipinski definition) is 1.